The van der Waals surface area contributed by atoms with Gasteiger partial charge in [-0.25, -0.2) is 4.39 Å². The fraction of sp³-hybridized carbons (Fsp3) is 0.214. The zero-order chi connectivity index (χ0) is 13.8. The molecule has 1 unspecified atom stereocenters. The molecule has 0 aliphatic heterocycles. The number of likely N-dealkylation sites (N-methyl/N-ethyl adjacent to an activating group) is 1. The van der Waals surface area contributed by atoms with Crippen molar-refractivity contribution >= 4 is 23.2 Å². The quantitative estimate of drug-likeness (QED) is 0.922. The molecule has 0 amide bonds. The van der Waals surface area contributed by atoms with E-state index in [-0.39, 0.29) is 11.9 Å². The third kappa shape index (κ3) is 3.66. The molecule has 0 spiro atoms. The van der Waals surface area contributed by atoms with Crippen LogP contribution in [0.3, 0.4) is 0 Å². The molecule has 100 valence electrons. The van der Waals surface area contributed by atoms with Gasteiger partial charge in [-0.3, -0.25) is 4.98 Å². The lowest BCUT2D eigenvalue weighted by molar-refractivity contribution is 0.572. The van der Waals surface area contributed by atoms with Crippen molar-refractivity contribution in [1.82, 2.24) is 10.3 Å². The Labute approximate surface area is 121 Å². The Hall–Kier alpha value is -1.16. The van der Waals surface area contributed by atoms with Crippen LogP contribution in [0.25, 0.3) is 0 Å². The van der Waals surface area contributed by atoms with Crippen molar-refractivity contribution < 1.29 is 4.39 Å². The molecular weight excluding hydrogens is 286 g/mol. The highest BCUT2D eigenvalue weighted by Gasteiger charge is 2.13. The maximum atomic E-state index is 13.2. The maximum Gasteiger partial charge on any atom is 0.141 e. The number of rotatable bonds is 4. The highest BCUT2D eigenvalue weighted by Crippen LogP contribution is 2.26. The van der Waals surface area contributed by atoms with E-state index in [9.17, 15) is 4.39 Å². The number of pyridine rings is 1. The molecule has 1 aromatic heterocycles. The molecule has 0 saturated heterocycles. The number of aromatic nitrogens is 1. The van der Waals surface area contributed by atoms with Crippen LogP contribution in [-0.4, -0.2) is 12.0 Å². The SMILES string of the molecule is CNC(Cc1ccc(Cl)cc1Cl)c1cncc(F)c1. The molecule has 0 radical (unpaired) electrons. The smallest absolute Gasteiger partial charge is 0.141 e. The first kappa shape index (κ1) is 14.3. The fourth-order valence-electron chi connectivity index (χ4n) is 1.91. The third-order valence-electron chi connectivity index (χ3n) is 2.92. The van der Waals surface area contributed by atoms with Gasteiger partial charge in [0, 0.05) is 22.3 Å². The van der Waals surface area contributed by atoms with Crippen LogP contribution in [0.1, 0.15) is 17.2 Å². The van der Waals surface area contributed by atoms with Crippen molar-refractivity contribution in [2.45, 2.75) is 12.5 Å². The summed E-state index contributed by atoms with van der Waals surface area (Å²) in [5.74, 6) is -0.347. The van der Waals surface area contributed by atoms with E-state index in [2.05, 4.69) is 10.3 Å². The molecular formula is C14H13Cl2FN2. The summed E-state index contributed by atoms with van der Waals surface area (Å²) in [6.07, 6.45) is 3.47. The second-order valence-corrected chi connectivity index (χ2v) is 5.06. The summed E-state index contributed by atoms with van der Waals surface area (Å²) in [6, 6.07) is 6.79. The largest absolute Gasteiger partial charge is 0.313 e. The van der Waals surface area contributed by atoms with E-state index in [1.807, 2.05) is 13.1 Å². The number of benzene rings is 1. The standard InChI is InChI=1S/C14H13Cl2FN2/c1-18-14(10-4-12(17)8-19-7-10)5-9-2-3-11(15)6-13(9)16/h2-4,6-8,14,18H,5H2,1H3. The Morgan fingerprint density at radius 1 is 1.26 bits per heavy atom. The van der Waals surface area contributed by atoms with Crippen molar-refractivity contribution in [3.63, 3.8) is 0 Å². The minimum Gasteiger partial charge on any atom is -0.313 e. The van der Waals surface area contributed by atoms with Gasteiger partial charge in [-0.1, -0.05) is 29.3 Å². The molecule has 1 heterocycles. The van der Waals surface area contributed by atoms with Crippen molar-refractivity contribution in [3.05, 3.63) is 63.6 Å². The molecule has 2 nitrogen and oxygen atoms in total. The summed E-state index contributed by atoms with van der Waals surface area (Å²) in [5.41, 5.74) is 1.74. The van der Waals surface area contributed by atoms with E-state index >= 15 is 0 Å². The molecule has 0 saturated carbocycles. The molecule has 1 atom stereocenters. The summed E-state index contributed by atoms with van der Waals surface area (Å²) < 4.78 is 13.2. The molecule has 19 heavy (non-hydrogen) atoms. The lowest BCUT2D eigenvalue weighted by atomic mass is 10.0. The first-order valence-corrected chi connectivity index (χ1v) is 6.57. The molecule has 0 fully saturated rings. The zero-order valence-electron chi connectivity index (χ0n) is 10.3. The van der Waals surface area contributed by atoms with Crippen molar-refractivity contribution in [1.29, 1.82) is 0 Å². The Kier molecular flexibility index (Phi) is 4.75. The average Bonchev–Trinajstić information content (AvgIpc) is 2.38. The Bertz CT molecular complexity index is 575. The van der Waals surface area contributed by atoms with Crippen LogP contribution in [0.4, 0.5) is 4.39 Å². The summed E-state index contributed by atoms with van der Waals surface area (Å²) in [5, 5.41) is 4.35. The molecule has 5 heteroatoms. The predicted molar refractivity (Wildman–Crippen MR) is 76.2 cm³/mol. The third-order valence-corrected chi connectivity index (χ3v) is 3.50. The van der Waals surface area contributed by atoms with Gasteiger partial charge in [-0.15, -0.1) is 0 Å². The molecule has 1 aromatic carbocycles. The van der Waals surface area contributed by atoms with E-state index in [0.29, 0.717) is 16.5 Å². The Morgan fingerprint density at radius 3 is 2.68 bits per heavy atom. The van der Waals surface area contributed by atoms with Gasteiger partial charge < -0.3 is 5.32 Å². The molecule has 0 aliphatic rings. The topological polar surface area (TPSA) is 24.9 Å². The first-order chi connectivity index (χ1) is 9.10. The molecule has 0 bridgehead atoms. The van der Waals surface area contributed by atoms with Crippen LogP contribution in [0.2, 0.25) is 10.0 Å². The van der Waals surface area contributed by atoms with Crippen LogP contribution in [-0.2, 0) is 6.42 Å². The number of hydrogen-bond donors (Lipinski definition) is 1. The summed E-state index contributed by atoms with van der Waals surface area (Å²) in [6.45, 7) is 0. The normalized spacial score (nSPS) is 12.4. The van der Waals surface area contributed by atoms with E-state index in [4.69, 9.17) is 23.2 Å². The maximum absolute atomic E-state index is 13.2. The number of halogens is 3. The van der Waals surface area contributed by atoms with Gasteiger partial charge in [-0.2, -0.15) is 0 Å². The lowest BCUT2D eigenvalue weighted by Crippen LogP contribution is -2.19. The monoisotopic (exact) mass is 298 g/mol. The van der Waals surface area contributed by atoms with Gasteiger partial charge in [0.25, 0.3) is 0 Å². The summed E-state index contributed by atoms with van der Waals surface area (Å²) in [4.78, 5) is 3.86. The number of hydrogen-bond acceptors (Lipinski definition) is 2. The van der Waals surface area contributed by atoms with Crippen LogP contribution < -0.4 is 5.32 Å². The number of nitrogens with one attached hydrogen (secondary N) is 1. The molecule has 1 N–H and O–H groups in total. The van der Waals surface area contributed by atoms with Crippen LogP contribution >= 0.6 is 23.2 Å². The fourth-order valence-corrected chi connectivity index (χ4v) is 2.40. The second-order valence-electron chi connectivity index (χ2n) is 4.22. The highest BCUT2D eigenvalue weighted by atomic mass is 35.5. The van der Waals surface area contributed by atoms with Crippen LogP contribution in [0.5, 0.6) is 0 Å². The predicted octanol–water partition coefficient (Wildman–Crippen LogP) is 4.03. The van der Waals surface area contributed by atoms with Gasteiger partial charge in [0.2, 0.25) is 0 Å². The minimum absolute atomic E-state index is 0.0538. The summed E-state index contributed by atoms with van der Waals surface area (Å²) in [7, 11) is 1.82. The van der Waals surface area contributed by atoms with Crippen LogP contribution in [0, 0.1) is 5.82 Å². The van der Waals surface area contributed by atoms with E-state index in [1.165, 1.54) is 12.3 Å². The molecule has 2 rings (SSSR count). The second kappa shape index (κ2) is 6.33. The number of nitrogens with zero attached hydrogens (tertiary/aromatic N) is 1. The van der Waals surface area contributed by atoms with Gasteiger partial charge in [-0.05, 0) is 42.8 Å². The zero-order valence-corrected chi connectivity index (χ0v) is 11.8. The van der Waals surface area contributed by atoms with Gasteiger partial charge in [0.1, 0.15) is 5.82 Å². The first-order valence-electron chi connectivity index (χ1n) is 5.82. The lowest BCUT2D eigenvalue weighted by Gasteiger charge is -2.17. The Morgan fingerprint density at radius 2 is 2.05 bits per heavy atom. The average molecular weight is 299 g/mol. The van der Waals surface area contributed by atoms with E-state index in [1.54, 1.807) is 18.3 Å². The van der Waals surface area contributed by atoms with Gasteiger partial charge >= 0.3 is 0 Å². The van der Waals surface area contributed by atoms with Crippen molar-refractivity contribution in [2.75, 3.05) is 7.05 Å². The van der Waals surface area contributed by atoms with Crippen LogP contribution in [0.15, 0.2) is 36.7 Å². The van der Waals surface area contributed by atoms with Crippen molar-refractivity contribution in [3.8, 4) is 0 Å². The van der Waals surface area contributed by atoms with Crippen molar-refractivity contribution in [2.24, 2.45) is 0 Å². The molecule has 2 aromatic rings. The highest BCUT2D eigenvalue weighted by molar-refractivity contribution is 6.35. The minimum atomic E-state index is -0.347. The van der Waals surface area contributed by atoms with E-state index < -0.39 is 0 Å². The molecule has 0 aliphatic carbocycles. The Balaban J connectivity index is 2.24. The summed E-state index contributed by atoms with van der Waals surface area (Å²) >= 11 is 12.0. The van der Waals surface area contributed by atoms with E-state index in [0.717, 1.165) is 11.1 Å². The van der Waals surface area contributed by atoms with Gasteiger partial charge in [0.15, 0.2) is 0 Å². The van der Waals surface area contributed by atoms with Gasteiger partial charge in [0.05, 0.1) is 6.20 Å².